The Bertz CT molecular complexity index is 796. The number of nitro groups is 1. The zero-order valence-electron chi connectivity index (χ0n) is 11.0. The fraction of sp³-hybridized carbons (Fsp3) is 0. The van der Waals surface area contributed by atoms with Crippen LogP contribution in [0.1, 0.15) is 0 Å². The second-order valence-electron chi connectivity index (χ2n) is 4.03. The van der Waals surface area contributed by atoms with Gasteiger partial charge in [0.05, 0.1) is 21.7 Å². The lowest BCUT2D eigenvalue weighted by Gasteiger charge is -2.14. The van der Waals surface area contributed by atoms with Gasteiger partial charge in [-0.15, -0.1) is 5.11 Å². The van der Waals surface area contributed by atoms with Crippen LogP contribution in [0, 0.1) is 10.1 Å². The fourth-order valence-corrected chi connectivity index (χ4v) is 2.26. The first-order valence-corrected chi connectivity index (χ1v) is 7.29. The highest BCUT2D eigenvalue weighted by atomic mass is 32.2. The molecule has 0 aromatic heterocycles. The van der Waals surface area contributed by atoms with Crippen LogP contribution in [0.4, 0.5) is 0 Å². The van der Waals surface area contributed by atoms with Crippen LogP contribution < -0.4 is 0 Å². The van der Waals surface area contributed by atoms with E-state index in [0.717, 1.165) is 24.6 Å². The van der Waals surface area contributed by atoms with Crippen molar-refractivity contribution in [1.29, 1.82) is 0 Å². The van der Waals surface area contributed by atoms with Gasteiger partial charge in [-0.2, -0.15) is 8.42 Å². The average Bonchev–Trinajstić information content (AvgIpc) is 2.49. The van der Waals surface area contributed by atoms with E-state index in [9.17, 15) is 23.7 Å². The number of sulfonamides is 1. The van der Waals surface area contributed by atoms with Gasteiger partial charge in [0.1, 0.15) is 0 Å². The highest BCUT2D eigenvalue weighted by molar-refractivity contribution is 7.90. The SMILES string of the molecule is O=[N+]([O-])C1=C/C(=C\N=NS(=O)(=O)c2ccccc2)N(O)C=C1. The van der Waals surface area contributed by atoms with Crippen molar-refractivity contribution in [2.45, 2.75) is 4.90 Å². The molecule has 0 radical (unpaired) electrons. The molecular formula is C12H10N4O5S. The molecule has 1 aromatic rings. The molecule has 0 aliphatic carbocycles. The summed E-state index contributed by atoms with van der Waals surface area (Å²) in [7, 11) is -3.97. The number of hydroxylamine groups is 2. The molecule has 0 spiro atoms. The number of benzene rings is 1. The summed E-state index contributed by atoms with van der Waals surface area (Å²) in [5.41, 5.74) is -0.376. The molecule has 0 amide bonds. The summed E-state index contributed by atoms with van der Waals surface area (Å²) in [6, 6.07) is 7.44. The van der Waals surface area contributed by atoms with E-state index in [-0.39, 0.29) is 16.3 Å². The van der Waals surface area contributed by atoms with Crippen molar-refractivity contribution in [1.82, 2.24) is 5.06 Å². The molecule has 1 aliphatic rings. The maximum atomic E-state index is 11.8. The lowest BCUT2D eigenvalue weighted by molar-refractivity contribution is -0.419. The summed E-state index contributed by atoms with van der Waals surface area (Å²) in [6.45, 7) is 0. The Kier molecular flexibility index (Phi) is 4.44. The van der Waals surface area contributed by atoms with Gasteiger partial charge in [-0.05, 0) is 12.1 Å². The Hall–Kier alpha value is -2.85. The first kappa shape index (κ1) is 15.5. The minimum atomic E-state index is -3.97. The average molecular weight is 322 g/mol. The first-order chi connectivity index (χ1) is 10.4. The molecule has 1 aromatic carbocycles. The minimum absolute atomic E-state index is 0.0388. The van der Waals surface area contributed by atoms with E-state index in [0.29, 0.717) is 5.06 Å². The predicted molar refractivity (Wildman–Crippen MR) is 74.4 cm³/mol. The van der Waals surface area contributed by atoms with E-state index in [4.69, 9.17) is 0 Å². The van der Waals surface area contributed by atoms with Crippen molar-refractivity contribution in [2.24, 2.45) is 9.63 Å². The molecule has 0 bridgehead atoms. The van der Waals surface area contributed by atoms with E-state index < -0.39 is 14.9 Å². The van der Waals surface area contributed by atoms with Gasteiger partial charge in [0.15, 0.2) is 0 Å². The first-order valence-electron chi connectivity index (χ1n) is 5.85. The van der Waals surface area contributed by atoms with Gasteiger partial charge >= 0.3 is 0 Å². The normalized spacial score (nSPS) is 17.0. The number of allylic oxidation sites excluding steroid dienone is 2. The van der Waals surface area contributed by atoms with Crippen LogP contribution in [0.2, 0.25) is 0 Å². The molecule has 2 rings (SSSR count). The topological polar surface area (TPSA) is 125 Å². The molecule has 22 heavy (non-hydrogen) atoms. The highest BCUT2D eigenvalue weighted by Gasteiger charge is 2.16. The van der Waals surface area contributed by atoms with Crippen LogP contribution >= 0.6 is 0 Å². The van der Waals surface area contributed by atoms with E-state index in [2.05, 4.69) is 9.63 Å². The van der Waals surface area contributed by atoms with Crippen LogP contribution in [0.3, 0.4) is 0 Å². The minimum Gasteiger partial charge on any atom is -0.284 e. The van der Waals surface area contributed by atoms with Crippen LogP contribution in [0.15, 0.2) is 80.8 Å². The zero-order valence-corrected chi connectivity index (χ0v) is 11.8. The fourth-order valence-electron chi connectivity index (χ4n) is 1.49. The van der Waals surface area contributed by atoms with Crippen molar-refractivity contribution in [3.05, 3.63) is 76.4 Å². The van der Waals surface area contributed by atoms with Gasteiger partial charge in [-0.1, -0.05) is 22.7 Å². The quantitative estimate of drug-likeness (QED) is 0.513. The molecule has 0 saturated heterocycles. The summed E-state index contributed by atoms with van der Waals surface area (Å²) in [4.78, 5) is 9.94. The summed E-state index contributed by atoms with van der Waals surface area (Å²) >= 11 is 0. The van der Waals surface area contributed by atoms with Crippen LogP contribution in [0.5, 0.6) is 0 Å². The van der Waals surface area contributed by atoms with E-state index in [1.54, 1.807) is 6.07 Å². The van der Waals surface area contributed by atoms with Crippen molar-refractivity contribution < 1.29 is 18.5 Å². The Balaban J connectivity index is 2.24. The van der Waals surface area contributed by atoms with Crippen molar-refractivity contribution in [3.63, 3.8) is 0 Å². The summed E-state index contributed by atoms with van der Waals surface area (Å²) < 4.78 is 26.8. The van der Waals surface area contributed by atoms with Gasteiger partial charge < -0.3 is 0 Å². The van der Waals surface area contributed by atoms with Crippen LogP contribution in [0.25, 0.3) is 0 Å². The highest BCUT2D eigenvalue weighted by Crippen LogP contribution is 2.16. The van der Waals surface area contributed by atoms with Gasteiger partial charge in [0.25, 0.3) is 15.7 Å². The maximum Gasteiger partial charge on any atom is 0.299 e. The molecule has 0 atom stereocenters. The predicted octanol–water partition coefficient (Wildman–Crippen LogP) is 2.05. The molecule has 0 saturated carbocycles. The number of nitrogens with zero attached hydrogens (tertiary/aromatic N) is 4. The molecular weight excluding hydrogens is 312 g/mol. The number of hydrogen-bond donors (Lipinski definition) is 1. The van der Waals surface area contributed by atoms with E-state index >= 15 is 0 Å². The second-order valence-corrected chi connectivity index (χ2v) is 5.61. The molecule has 1 aliphatic heterocycles. The summed E-state index contributed by atoms with van der Waals surface area (Å²) in [5, 5.41) is 24.0. The lowest BCUT2D eigenvalue weighted by atomic mass is 10.3. The Morgan fingerprint density at radius 3 is 2.59 bits per heavy atom. The standard InChI is InChI=1S/C12H10N4O5S/c17-15-7-6-10(16(18)19)8-11(15)9-13-14-22(20,21)12-4-2-1-3-5-12/h1-9,17H/b11-9+,14-13?. The summed E-state index contributed by atoms with van der Waals surface area (Å²) in [5.74, 6) is 0. The van der Waals surface area contributed by atoms with Crippen molar-refractivity contribution in [3.8, 4) is 0 Å². The third-order valence-electron chi connectivity index (χ3n) is 2.54. The van der Waals surface area contributed by atoms with Crippen molar-refractivity contribution >= 4 is 10.0 Å². The lowest BCUT2D eigenvalue weighted by Crippen LogP contribution is -2.14. The molecule has 1 heterocycles. The smallest absolute Gasteiger partial charge is 0.284 e. The Labute approximate surface area is 125 Å². The Morgan fingerprint density at radius 2 is 1.95 bits per heavy atom. The number of rotatable bonds is 4. The second kappa shape index (κ2) is 6.28. The molecule has 10 heteroatoms. The zero-order chi connectivity index (χ0) is 16.2. The molecule has 1 N–H and O–H groups in total. The van der Waals surface area contributed by atoms with Gasteiger partial charge in [0.2, 0.25) is 0 Å². The summed E-state index contributed by atoms with van der Waals surface area (Å²) in [6.07, 6.45) is 4.03. The molecule has 0 fully saturated rings. The third kappa shape index (κ3) is 3.62. The number of hydrogen-bond acceptors (Lipinski definition) is 7. The Morgan fingerprint density at radius 1 is 1.27 bits per heavy atom. The molecule has 114 valence electrons. The van der Waals surface area contributed by atoms with E-state index in [1.807, 2.05) is 0 Å². The van der Waals surface area contributed by atoms with E-state index in [1.165, 1.54) is 24.3 Å². The van der Waals surface area contributed by atoms with Gasteiger partial charge in [0, 0.05) is 18.4 Å². The molecule has 0 unspecified atom stereocenters. The van der Waals surface area contributed by atoms with Gasteiger partial charge in [-0.25, -0.2) is 5.06 Å². The third-order valence-corrected chi connectivity index (χ3v) is 3.72. The largest absolute Gasteiger partial charge is 0.299 e. The van der Waals surface area contributed by atoms with Crippen molar-refractivity contribution in [2.75, 3.05) is 0 Å². The van der Waals surface area contributed by atoms with Crippen LogP contribution in [-0.4, -0.2) is 23.6 Å². The maximum absolute atomic E-state index is 11.8. The monoisotopic (exact) mass is 322 g/mol. The van der Waals surface area contributed by atoms with Gasteiger partial charge in [-0.3, -0.25) is 15.3 Å². The van der Waals surface area contributed by atoms with Crippen LogP contribution in [-0.2, 0) is 10.0 Å². The molecule has 9 nitrogen and oxygen atoms in total.